The molecule has 0 spiro atoms. The van der Waals surface area contributed by atoms with Crippen LogP contribution in [0.25, 0.3) is 0 Å². The number of ether oxygens (including phenoxy) is 1. The Morgan fingerprint density at radius 1 is 1.20 bits per heavy atom. The smallest absolute Gasteiger partial charge is 0.247 e. The molecular weight excluding hydrogens is 549 g/mol. The van der Waals surface area contributed by atoms with Crippen LogP contribution in [0.5, 0.6) is 5.75 Å². The number of hydrogen-bond donors (Lipinski definition) is 2. The Balaban J connectivity index is 1.43. The zero-order valence-corrected chi connectivity index (χ0v) is 23.8. The molecule has 1 atom stereocenters. The van der Waals surface area contributed by atoms with E-state index in [2.05, 4.69) is 43.9 Å². The van der Waals surface area contributed by atoms with E-state index in [9.17, 15) is 9.18 Å². The summed E-state index contributed by atoms with van der Waals surface area (Å²) in [5.74, 6) is 0.823. The van der Waals surface area contributed by atoms with E-state index in [0.717, 1.165) is 44.0 Å². The van der Waals surface area contributed by atoms with Gasteiger partial charge in [-0.3, -0.25) is 9.63 Å². The summed E-state index contributed by atoms with van der Waals surface area (Å²) in [6.45, 7) is 10.7. The third-order valence-electron chi connectivity index (χ3n) is 7.30. The Hall–Kier alpha value is -3.93. The van der Waals surface area contributed by atoms with Crippen LogP contribution < -0.4 is 25.3 Å². The van der Waals surface area contributed by atoms with Crippen LogP contribution in [-0.4, -0.2) is 67.2 Å². The van der Waals surface area contributed by atoms with Crippen LogP contribution in [0.2, 0.25) is 5.02 Å². The van der Waals surface area contributed by atoms with E-state index in [-0.39, 0.29) is 17.0 Å². The minimum atomic E-state index is -0.471. The monoisotopic (exact) mass is 581 g/mol. The molecule has 5 rings (SSSR count). The Kier molecular flexibility index (Phi) is 8.87. The number of rotatable bonds is 9. The molecule has 2 aromatic carbocycles. The maximum absolute atomic E-state index is 13.8. The van der Waals surface area contributed by atoms with Crippen LogP contribution in [0.1, 0.15) is 24.9 Å². The second kappa shape index (κ2) is 12.7. The largest absolute Gasteiger partial charge is 0.494 e. The number of benzene rings is 2. The van der Waals surface area contributed by atoms with Gasteiger partial charge in [-0.15, -0.1) is 0 Å². The van der Waals surface area contributed by atoms with Gasteiger partial charge in [0.15, 0.2) is 5.82 Å². The molecule has 0 aliphatic carbocycles. The van der Waals surface area contributed by atoms with Crippen molar-refractivity contribution in [2.75, 3.05) is 67.0 Å². The van der Waals surface area contributed by atoms with Crippen LogP contribution in [0.4, 0.5) is 33.1 Å². The van der Waals surface area contributed by atoms with Gasteiger partial charge in [0.05, 0.1) is 41.8 Å². The fourth-order valence-corrected chi connectivity index (χ4v) is 5.27. The Labute approximate surface area is 243 Å². The number of aromatic nitrogens is 2. The number of halogens is 2. The van der Waals surface area contributed by atoms with Crippen LogP contribution >= 0.6 is 11.6 Å². The molecule has 2 fully saturated rings. The average molecular weight is 582 g/mol. The van der Waals surface area contributed by atoms with E-state index in [1.165, 1.54) is 18.5 Å². The first kappa shape index (κ1) is 28.6. The van der Waals surface area contributed by atoms with E-state index in [4.69, 9.17) is 21.2 Å². The van der Waals surface area contributed by atoms with Gasteiger partial charge in [-0.05, 0) is 36.4 Å². The molecule has 1 aromatic heterocycles. The van der Waals surface area contributed by atoms with Gasteiger partial charge in [-0.25, -0.2) is 19.4 Å². The van der Waals surface area contributed by atoms with Gasteiger partial charge < -0.3 is 25.2 Å². The van der Waals surface area contributed by atoms with Gasteiger partial charge in [-0.2, -0.15) is 0 Å². The average Bonchev–Trinajstić information content (AvgIpc) is 3.49. The molecule has 0 saturated carbocycles. The number of likely N-dealkylation sites (N-methyl/N-ethyl adjacent to an activating group) is 1. The van der Waals surface area contributed by atoms with Gasteiger partial charge in [0.2, 0.25) is 5.91 Å². The van der Waals surface area contributed by atoms with Gasteiger partial charge >= 0.3 is 0 Å². The second-order valence-electron chi connectivity index (χ2n) is 9.71. The Morgan fingerprint density at radius 2 is 2.00 bits per heavy atom. The first-order chi connectivity index (χ1) is 19.9. The molecule has 3 heterocycles. The molecule has 41 heavy (non-hydrogen) atoms. The zero-order chi connectivity index (χ0) is 28.9. The van der Waals surface area contributed by atoms with E-state index in [1.54, 1.807) is 30.4 Å². The maximum atomic E-state index is 13.8. The molecule has 1 amide bonds. The van der Waals surface area contributed by atoms with Crippen molar-refractivity contribution in [2.45, 2.75) is 19.4 Å². The quantitative estimate of drug-likeness (QED) is 0.332. The number of hydroxylamine groups is 1. The van der Waals surface area contributed by atoms with Gasteiger partial charge in [-0.1, -0.05) is 31.2 Å². The van der Waals surface area contributed by atoms with E-state index >= 15 is 0 Å². The number of nitrogens with zero attached hydrogens (tertiary/aromatic N) is 5. The number of amides is 1. The second-order valence-corrected chi connectivity index (χ2v) is 10.1. The van der Waals surface area contributed by atoms with Crippen molar-refractivity contribution >= 4 is 46.2 Å². The summed E-state index contributed by atoms with van der Waals surface area (Å²) in [6, 6.07) is 9.96. The van der Waals surface area contributed by atoms with E-state index < -0.39 is 5.82 Å². The van der Waals surface area contributed by atoms with Crippen LogP contribution in [-0.2, 0) is 9.63 Å². The zero-order valence-electron chi connectivity index (χ0n) is 23.1. The lowest BCUT2D eigenvalue weighted by atomic mass is 10.0. The molecule has 0 unspecified atom stereocenters. The number of carbonyl (C=O) groups is 1. The van der Waals surface area contributed by atoms with Crippen molar-refractivity contribution in [1.82, 2.24) is 14.9 Å². The highest BCUT2D eigenvalue weighted by atomic mass is 35.5. The standard InChI is InChI=1S/C29H33ClFN7O3/c1-4-29(39)35-22-15-23(26(40-3)16-25(22)37-11-9-36(5-2)10-12-37)34-27-17-28(33-18-32-27)38-24(8-13-41-38)19-6-7-21(31)20(30)14-19/h4,6-7,14-18,24H,1,5,8-13H2,2-3H3,(H,35,39)(H,32,33,34)/t24-/m1/s1. The highest BCUT2D eigenvalue weighted by molar-refractivity contribution is 6.30. The van der Waals surface area contributed by atoms with Gasteiger partial charge in [0.25, 0.3) is 0 Å². The molecule has 2 aliphatic heterocycles. The molecule has 3 aromatic rings. The van der Waals surface area contributed by atoms with Crippen LogP contribution in [0.3, 0.4) is 0 Å². The molecule has 12 heteroatoms. The number of hydrogen-bond acceptors (Lipinski definition) is 9. The van der Waals surface area contributed by atoms with Crippen molar-refractivity contribution in [2.24, 2.45) is 0 Å². The van der Waals surface area contributed by atoms with Crippen molar-refractivity contribution in [1.29, 1.82) is 0 Å². The number of carbonyl (C=O) groups excluding carboxylic acids is 1. The lowest BCUT2D eigenvalue weighted by Crippen LogP contribution is -2.46. The third-order valence-corrected chi connectivity index (χ3v) is 7.59. The molecule has 2 aliphatic rings. The number of nitrogens with one attached hydrogen (secondary N) is 2. The summed E-state index contributed by atoms with van der Waals surface area (Å²) in [7, 11) is 1.60. The van der Waals surface area contributed by atoms with Crippen molar-refractivity contribution < 1.29 is 18.8 Å². The predicted octanol–water partition coefficient (Wildman–Crippen LogP) is 5.17. The summed E-state index contributed by atoms with van der Waals surface area (Å²) in [5, 5.41) is 7.99. The van der Waals surface area contributed by atoms with Gasteiger partial charge in [0.1, 0.15) is 23.7 Å². The van der Waals surface area contributed by atoms with Crippen molar-refractivity contribution in [3.8, 4) is 5.75 Å². The van der Waals surface area contributed by atoms with Gasteiger partial charge in [0, 0.05) is 44.7 Å². The highest BCUT2D eigenvalue weighted by Gasteiger charge is 2.30. The first-order valence-corrected chi connectivity index (χ1v) is 13.9. The molecule has 216 valence electrons. The lowest BCUT2D eigenvalue weighted by molar-refractivity contribution is -0.111. The SMILES string of the molecule is C=CC(=O)Nc1cc(Nc2cc(N3OCC[C@@H]3c3ccc(F)c(Cl)c3)ncn2)c(OC)cc1N1CCN(CC)CC1. The fourth-order valence-electron chi connectivity index (χ4n) is 5.08. The topological polar surface area (TPSA) is 95.1 Å². The minimum Gasteiger partial charge on any atom is -0.494 e. The van der Waals surface area contributed by atoms with Crippen molar-refractivity contribution in [3.63, 3.8) is 0 Å². The summed E-state index contributed by atoms with van der Waals surface area (Å²) in [4.78, 5) is 31.7. The molecule has 0 bridgehead atoms. The van der Waals surface area contributed by atoms with E-state index in [1.807, 2.05) is 12.1 Å². The molecule has 0 radical (unpaired) electrons. The summed E-state index contributed by atoms with van der Waals surface area (Å²) in [6.07, 6.45) is 3.36. The maximum Gasteiger partial charge on any atom is 0.247 e. The number of methoxy groups -OCH3 is 1. The lowest BCUT2D eigenvalue weighted by Gasteiger charge is -2.36. The van der Waals surface area contributed by atoms with E-state index in [0.29, 0.717) is 41.8 Å². The third kappa shape index (κ3) is 6.37. The van der Waals surface area contributed by atoms with Crippen LogP contribution in [0.15, 0.2) is 55.4 Å². The number of anilines is 5. The van der Waals surface area contributed by atoms with Crippen LogP contribution in [0, 0.1) is 5.82 Å². The molecule has 2 saturated heterocycles. The molecule has 2 N–H and O–H groups in total. The Morgan fingerprint density at radius 3 is 2.71 bits per heavy atom. The Bertz CT molecular complexity index is 1420. The molecular formula is C29H33ClFN7O3. The molecule has 10 nitrogen and oxygen atoms in total. The summed E-state index contributed by atoms with van der Waals surface area (Å²) in [5.41, 5.74) is 2.93. The summed E-state index contributed by atoms with van der Waals surface area (Å²) >= 11 is 6.04. The minimum absolute atomic E-state index is 0.0570. The normalized spacial score (nSPS) is 17.4. The first-order valence-electron chi connectivity index (χ1n) is 13.5. The highest BCUT2D eigenvalue weighted by Crippen LogP contribution is 2.40. The predicted molar refractivity (Wildman–Crippen MR) is 159 cm³/mol. The van der Waals surface area contributed by atoms with Crippen molar-refractivity contribution in [3.05, 3.63) is 71.8 Å². The summed E-state index contributed by atoms with van der Waals surface area (Å²) < 4.78 is 19.5. The number of piperazine rings is 1. The fraction of sp³-hybridized carbons (Fsp3) is 0.345.